The van der Waals surface area contributed by atoms with Crippen LogP contribution in [-0.2, 0) is 12.8 Å². The number of fused-ring (bicyclic) bond motifs is 5. The summed E-state index contributed by atoms with van der Waals surface area (Å²) in [6, 6.07) is 0. The van der Waals surface area contributed by atoms with Gasteiger partial charge in [-0.2, -0.15) is 5.10 Å². The van der Waals surface area contributed by atoms with Gasteiger partial charge in [0.05, 0.1) is 5.39 Å². The predicted octanol–water partition coefficient (Wildman–Crippen LogP) is 4.00. The third-order valence-electron chi connectivity index (χ3n) is 4.78. The summed E-state index contributed by atoms with van der Waals surface area (Å²) in [5.74, 6) is 2.47. The highest BCUT2D eigenvalue weighted by molar-refractivity contribution is 7.71. The van der Waals surface area contributed by atoms with Crippen molar-refractivity contribution in [3.63, 3.8) is 0 Å². The number of aromatic amines is 1. The van der Waals surface area contributed by atoms with E-state index >= 15 is 0 Å². The zero-order valence-electron chi connectivity index (χ0n) is 11.8. The van der Waals surface area contributed by atoms with Crippen molar-refractivity contribution in [2.24, 2.45) is 5.92 Å². The van der Waals surface area contributed by atoms with Crippen LogP contribution in [0.3, 0.4) is 0 Å². The zero-order valence-corrected chi connectivity index (χ0v) is 13.5. The maximum Gasteiger partial charge on any atom is 0.201 e. The number of hydrogen-bond acceptors (Lipinski definition) is 4. The molecule has 3 heterocycles. The van der Waals surface area contributed by atoms with Gasteiger partial charge in [0, 0.05) is 10.8 Å². The molecule has 2 aliphatic carbocycles. The van der Waals surface area contributed by atoms with E-state index in [9.17, 15) is 0 Å². The Hall–Kier alpha value is -1.27. The summed E-state index contributed by atoms with van der Waals surface area (Å²) in [6.07, 6.45) is 6.05. The molecule has 1 atom stereocenters. The van der Waals surface area contributed by atoms with E-state index in [1.54, 1.807) is 0 Å². The average molecular weight is 316 g/mol. The number of H-pyrrole nitrogens is 1. The summed E-state index contributed by atoms with van der Waals surface area (Å²) < 4.78 is 2.77. The number of thiophene rings is 1. The predicted molar refractivity (Wildman–Crippen MR) is 86.7 cm³/mol. The number of nitrogens with one attached hydrogen (secondary N) is 1. The quantitative estimate of drug-likeness (QED) is 0.690. The van der Waals surface area contributed by atoms with E-state index in [1.165, 1.54) is 41.5 Å². The first-order valence-corrected chi connectivity index (χ1v) is 8.86. The Morgan fingerprint density at radius 2 is 2.19 bits per heavy atom. The molecule has 0 spiro atoms. The molecule has 0 saturated heterocycles. The third-order valence-corrected chi connectivity index (χ3v) is 6.20. The van der Waals surface area contributed by atoms with Crippen molar-refractivity contribution in [2.75, 3.05) is 0 Å². The minimum absolute atomic E-state index is 0.569. The number of aryl methyl sites for hydroxylation is 1. The van der Waals surface area contributed by atoms with Gasteiger partial charge in [-0.15, -0.1) is 11.3 Å². The van der Waals surface area contributed by atoms with Crippen molar-refractivity contribution in [2.45, 2.75) is 44.9 Å². The zero-order chi connectivity index (χ0) is 14.1. The fourth-order valence-electron chi connectivity index (χ4n) is 3.49. The van der Waals surface area contributed by atoms with Crippen LogP contribution in [0.15, 0.2) is 0 Å². The molecule has 1 fully saturated rings. The Kier molecular flexibility index (Phi) is 2.42. The molecule has 0 radical (unpaired) electrons. The molecule has 0 amide bonds. The molecule has 108 valence electrons. The normalized spacial score (nSPS) is 22.0. The lowest BCUT2D eigenvalue weighted by molar-refractivity contribution is 0.509. The summed E-state index contributed by atoms with van der Waals surface area (Å²) in [7, 11) is 0. The highest BCUT2D eigenvalue weighted by atomic mass is 32.1. The van der Waals surface area contributed by atoms with E-state index in [0.29, 0.717) is 10.7 Å². The standard InChI is InChI=1S/C15H16N4S2/c1-7-2-5-9-10(6-7)21-14-11(9)13-17-18-15(20)19(13)12(16-14)8-3-4-8/h7-8H,2-6H2,1H3,(H,18,20)/t7-/m0/s1. The van der Waals surface area contributed by atoms with E-state index in [2.05, 4.69) is 21.5 Å². The Labute approximate surface area is 131 Å². The van der Waals surface area contributed by atoms with Crippen LogP contribution in [0.5, 0.6) is 0 Å². The minimum Gasteiger partial charge on any atom is -0.255 e. The SMILES string of the molecule is C[C@H]1CCc2c(sc3nc(C4CC4)n4c(=S)[nH]nc4c23)C1. The molecule has 21 heavy (non-hydrogen) atoms. The highest BCUT2D eigenvalue weighted by Gasteiger charge is 2.31. The monoisotopic (exact) mass is 316 g/mol. The Balaban J connectivity index is 1.92. The van der Waals surface area contributed by atoms with E-state index in [1.807, 2.05) is 11.3 Å². The summed E-state index contributed by atoms with van der Waals surface area (Å²) in [6.45, 7) is 2.34. The van der Waals surface area contributed by atoms with E-state index in [4.69, 9.17) is 17.2 Å². The van der Waals surface area contributed by atoms with Crippen molar-refractivity contribution in [3.05, 3.63) is 21.0 Å². The maximum absolute atomic E-state index is 5.44. The van der Waals surface area contributed by atoms with Crippen LogP contribution in [0.25, 0.3) is 15.9 Å². The summed E-state index contributed by atoms with van der Waals surface area (Å²) in [4.78, 5) is 7.66. The molecule has 1 saturated carbocycles. The molecule has 1 N–H and O–H groups in total. The van der Waals surface area contributed by atoms with Gasteiger partial charge in [0.1, 0.15) is 10.7 Å². The van der Waals surface area contributed by atoms with Crippen molar-refractivity contribution in [3.8, 4) is 0 Å². The molecule has 6 heteroatoms. The number of nitrogens with zero attached hydrogens (tertiary/aromatic N) is 3. The first-order valence-electron chi connectivity index (χ1n) is 7.63. The van der Waals surface area contributed by atoms with Gasteiger partial charge in [0.2, 0.25) is 4.77 Å². The molecule has 0 aliphatic heterocycles. The highest BCUT2D eigenvalue weighted by Crippen LogP contribution is 2.43. The van der Waals surface area contributed by atoms with Gasteiger partial charge in [-0.25, -0.2) is 4.98 Å². The molecule has 0 aromatic carbocycles. The lowest BCUT2D eigenvalue weighted by atomic mass is 9.89. The van der Waals surface area contributed by atoms with Gasteiger partial charge in [-0.3, -0.25) is 9.50 Å². The number of rotatable bonds is 1. The smallest absolute Gasteiger partial charge is 0.201 e. The topological polar surface area (TPSA) is 46.0 Å². The fourth-order valence-corrected chi connectivity index (χ4v) is 5.10. The second kappa shape index (κ2) is 4.14. The largest absolute Gasteiger partial charge is 0.255 e. The van der Waals surface area contributed by atoms with Gasteiger partial charge < -0.3 is 0 Å². The molecule has 4 nitrogen and oxygen atoms in total. The summed E-state index contributed by atoms with van der Waals surface area (Å²) in [5, 5.41) is 8.76. The maximum atomic E-state index is 5.44. The molecule has 3 aromatic heterocycles. The fraction of sp³-hybridized carbons (Fsp3) is 0.533. The van der Waals surface area contributed by atoms with Crippen molar-refractivity contribution in [1.29, 1.82) is 0 Å². The van der Waals surface area contributed by atoms with Crippen molar-refractivity contribution in [1.82, 2.24) is 19.6 Å². The van der Waals surface area contributed by atoms with Crippen LogP contribution in [0.4, 0.5) is 0 Å². The van der Waals surface area contributed by atoms with Crippen LogP contribution < -0.4 is 0 Å². The van der Waals surface area contributed by atoms with Crippen molar-refractivity contribution < 1.29 is 0 Å². The summed E-state index contributed by atoms with van der Waals surface area (Å²) in [5.41, 5.74) is 2.47. The van der Waals surface area contributed by atoms with Crippen LogP contribution in [0.1, 0.15) is 48.4 Å². The first kappa shape index (κ1) is 12.3. The molecular weight excluding hydrogens is 300 g/mol. The third kappa shape index (κ3) is 1.69. The molecule has 0 unspecified atom stereocenters. The Morgan fingerprint density at radius 1 is 1.33 bits per heavy atom. The molecule has 3 aromatic rings. The summed E-state index contributed by atoms with van der Waals surface area (Å²) >= 11 is 7.31. The first-order chi connectivity index (χ1) is 10.2. The van der Waals surface area contributed by atoms with Crippen molar-refractivity contribution >= 4 is 39.4 Å². The van der Waals surface area contributed by atoms with Gasteiger partial charge in [0.25, 0.3) is 0 Å². The Morgan fingerprint density at radius 3 is 3.00 bits per heavy atom. The van der Waals surface area contributed by atoms with Gasteiger partial charge in [-0.05, 0) is 55.8 Å². The van der Waals surface area contributed by atoms with Gasteiger partial charge in [0.15, 0.2) is 5.65 Å². The van der Waals surface area contributed by atoms with Gasteiger partial charge in [-0.1, -0.05) is 6.92 Å². The number of hydrogen-bond donors (Lipinski definition) is 1. The van der Waals surface area contributed by atoms with Crippen LogP contribution >= 0.6 is 23.6 Å². The lowest BCUT2D eigenvalue weighted by Crippen LogP contribution is -2.09. The van der Waals surface area contributed by atoms with Crippen LogP contribution in [-0.4, -0.2) is 19.6 Å². The van der Waals surface area contributed by atoms with Gasteiger partial charge >= 0.3 is 0 Å². The average Bonchev–Trinajstić information content (AvgIpc) is 3.15. The van der Waals surface area contributed by atoms with E-state index in [0.717, 1.165) is 28.6 Å². The molecule has 2 aliphatic rings. The molecule has 5 rings (SSSR count). The second-order valence-corrected chi connectivity index (χ2v) is 7.93. The van der Waals surface area contributed by atoms with E-state index < -0.39 is 0 Å². The molecular formula is C15H16N4S2. The Bertz CT molecular complexity index is 929. The van der Waals surface area contributed by atoms with Crippen LogP contribution in [0.2, 0.25) is 0 Å². The minimum atomic E-state index is 0.569. The second-order valence-electron chi connectivity index (χ2n) is 6.46. The van der Waals surface area contributed by atoms with E-state index in [-0.39, 0.29) is 0 Å². The molecule has 0 bridgehead atoms. The van der Waals surface area contributed by atoms with Crippen LogP contribution in [0, 0.1) is 10.7 Å². The number of aromatic nitrogens is 4. The lowest BCUT2D eigenvalue weighted by Gasteiger charge is -2.17.